The smallest absolute Gasteiger partial charge is 0.153 e. The fourth-order valence-electron chi connectivity index (χ4n) is 0.726. The first-order valence-electron chi connectivity index (χ1n) is 2.83. The van der Waals surface area contributed by atoms with Crippen LogP contribution in [0.25, 0.3) is 0 Å². The molecule has 6 heteroatoms. The van der Waals surface area contributed by atoms with E-state index in [9.17, 15) is 0 Å². The summed E-state index contributed by atoms with van der Waals surface area (Å²) in [5, 5.41) is 7.23. The fourth-order valence-corrected chi connectivity index (χ4v) is 2.01. The van der Waals surface area contributed by atoms with Gasteiger partial charge in [-0.2, -0.15) is 9.50 Å². The highest BCUT2D eigenvalue weighted by Crippen LogP contribution is 2.16. The van der Waals surface area contributed by atoms with E-state index in [1.807, 2.05) is 0 Å². The summed E-state index contributed by atoms with van der Waals surface area (Å²) in [7, 11) is 0. The van der Waals surface area contributed by atoms with Crippen molar-refractivity contribution in [2.75, 3.05) is 5.88 Å². The summed E-state index contributed by atoms with van der Waals surface area (Å²) in [6.45, 7) is 0. The van der Waals surface area contributed by atoms with Gasteiger partial charge in [-0.05, 0) is 11.9 Å². The van der Waals surface area contributed by atoms with Gasteiger partial charge in [-0.1, -0.05) is 11.8 Å². The van der Waals surface area contributed by atoms with Crippen LogP contribution in [0.4, 0.5) is 0 Å². The first-order valence-corrected chi connectivity index (χ1v) is 4.71. The Labute approximate surface area is 67.1 Å². The molecule has 0 saturated carbocycles. The van der Waals surface area contributed by atoms with Crippen LogP contribution in [-0.2, 0) is 0 Å². The number of thioether (sulfide) groups is 1. The Kier molecular flexibility index (Phi) is 1.72. The topological polar surface area (TPSA) is 48.8 Å². The van der Waals surface area contributed by atoms with E-state index >= 15 is 0 Å². The van der Waals surface area contributed by atoms with E-state index in [-0.39, 0.29) is 5.37 Å². The molecule has 2 rings (SSSR count). The molecule has 0 fully saturated rings. The number of hydrazone groups is 1. The van der Waals surface area contributed by atoms with Gasteiger partial charge in [0, 0.05) is 0 Å². The lowest BCUT2D eigenvalue weighted by atomic mass is 10.6. The lowest BCUT2D eigenvalue weighted by molar-refractivity contribution is 0.812. The van der Waals surface area contributed by atoms with Crippen LogP contribution >= 0.6 is 23.7 Å². The molecule has 2 aliphatic rings. The highest BCUT2D eigenvalue weighted by atomic mass is 32.2. The average molecular weight is 174 g/mol. The summed E-state index contributed by atoms with van der Waals surface area (Å²) >= 11 is 3.17. The normalized spacial score (nSPS) is 29.6. The van der Waals surface area contributed by atoms with Gasteiger partial charge in [-0.3, -0.25) is 5.43 Å². The zero-order chi connectivity index (χ0) is 6.81. The number of hydrogen-bond donors (Lipinski definition) is 2. The van der Waals surface area contributed by atoms with Gasteiger partial charge in [0.25, 0.3) is 0 Å². The summed E-state index contributed by atoms with van der Waals surface area (Å²) in [6.07, 6.45) is 0. The molecule has 2 aliphatic heterocycles. The maximum absolute atomic E-state index is 4.18. The lowest BCUT2D eigenvalue weighted by Gasteiger charge is -2.06. The van der Waals surface area contributed by atoms with Crippen LogP contribution in [0.3, 0.4) is 0 Å². The van der Waals surface area contributed by atoms with Crippen molar-refractivity contribution in [1.29, 1.82) is 0 Å². The van der Waals surface area contributed by atoms with Gasteiger partial charge in [0.1, 0.15) is 5.84 Å². The van der Waals surface area contributed by atoms with Crippen LogP contribution in [0.1, 0.15) is 0 Å². The minimum atomic E-state index is 0.218. The van der Waals surface area contributed by atoms with Crippen molar-refractivity contribution in [3.8, 4) is 0 Å². The van der Waals surface area contributed by atoms with E-state index < -0.39 is 0 Å². The Balaban J connectivity index is 1.99. The van der Waals surface area contributed by atoms with E-state index in [1.165, 1.54) is 11.9 Å². The SMILES string of the molecule is C1=NNC(C2=NSCN2)S1. The van der Waals surface area contributed by atoms with Crippen molar-refractivity contribution in [2.24, 2.45) is 9.50 Å². The molecule has 2 heterocycles. The van der Waals surface area contributed by atoms with Crippen molar-refractivity contribution in [2.45, 2.75) is 5.37 Å². The molecule has 10 heavy (non-hydrogen) atoms. The molecule has 4 nitrogen and oxygen atoms in total. The zero-order valence-corrected chi connectivity index (χ0v) is 6.71. The molecule has 0 amide bonds. The van der Waals surface area contributed by atoms with Crippen molar-refractivity contribution >= 4 is 35.1 Å². The number of nitrogens with zero attached hydrogens (tertiary/aromatic N) is 2. The van der Waals surface area contributed by atoms with Gasteiger partial charge in [0.2, 0.25) is 0 Å². The molecule has 1 atom stereocenters. The Morgan fingerprint density at radius 2 is 2.70 bits per heavy atom. The molecule has 0 saturated heterocycles. The first kappa shape index (κ1) is 6.36. The molecule has 0 aromatic carbocycles. The second-order valence-corrected chi connectivity index (χ2v) is 3.49. The monoisotopic (exact) mass is 174 g/mol. The number of hydrogen-bond acceptors (Lipinski definition) is 6. The minimum absolute atomic E-state index is 0.218. The maximum Gasteiger partial charge on any atom is 0.153 e. The van der Waals surface area contributed by atoms with Gasteiger partial charge in [0.05, 0.1) is 11.4 Å². The quantitative estimate of drug-likeness (QED) is 0.558. The number of nitrogens with one attached hydrogen (secondary N) is 2. The van der Waals surface area contributed by atoms with Gasteiger partial charge in [-0.15, -0.1) is 0 Å². The fraction of sp³-hybridized carbons (Fsp3) is 0.500. The predicted molar refractivity (Wildman–Crippen MR) is 46.0 cm³/mol. The third-order valence-electron chi connectivity index (χ3n) is 1.17. The van der Waals surface area contributed by atoms with Gasteiger partial charge in [-0.25, -0.2) is 0 Å². The number of amidine groups is 1. The van der Waals surface area contributed by atoms with Crippen LogP contribution in [0, 0.1) is 0 Å². The molecule has 0 aromatic heterocycles. The molecular formula is C4H6N4S2. The Bertz CT molecular complexity index is 182. The van der Waals surface area contributed by atoms with Gasteiger partial charge < -0.3 is 5.32 Å². The Hall–Kier alpha value is -0.360. The predicted octanol–water partition coefficient (Wildman–Crippen LogP) is 0.200. The average Bonchev–Trinajstić information content (AvgIpc) is 2.59. The van der Waals surface area contributed by atoms with E-state index in [4.69, 9.17) is 0 Å². The molecule has 0 aromatic rings. The minimum Gasteiger partial charge on any atom is -0.360 e. The van der Waals surface area contributed by atoms with Crippen LogP contribution in [0.2, 0.25) is 0 Å². The van der Waals surface area contributed by atoms with Crippen molar-refractivity contribution in [3.63, 3.8) is 0 Å². The molecular weight excluding hydrogens is 168 g/mol. The molecule has 54 valence electrons. The summed E-state index contributed by atoms with van der Waals surface area (Å²) in [5.41, 5.74) is 4.71. The Morgan fingerprint density at radius 3 is 3.30 bits per heavy atom. The highest BCUT2D eigenvalue weighted by Gasteiger charge is 2.20. The number of rotatable bonds is 1. The third-order valence-corrected chi connectivity index (χ3v) is 2.60. The van der Waals surface area contributed by atoms with Gasteiger partial charge >= 0.3 is 0 Å². The first-order chi connectivity index (χ1) is 4.97. The molecule has 0 bridgehead atoms. The van der Waals surface area contributed by atoms with Crippen LogP contribution < -0.4 is 10.7 Å². The van der Waals surface area contributed by atoms with Crippen LogP contribution in [0.15, 0.2) is 9.50 Å². The third kappa shape index (κ3) is 1.08. The summed E-state index contributed by atoms with van der Waals surface area (Å²) in [6, 6.07) is 0. The molecule has 0 spiro atoms. The maximum atomic E-state index is 4.18. The van der Waals surface area contributed by atoms with Gasteiger partial charge in [0.15, 0.2) is 5.37 Å². The summed E-state index contributed by atoms with van der Waals surface area (Å²) < 4.78 is 4.18. The molecule has 0 aliphatic carbocycles. The van der Waals surface area contributed by atoms with E-state index in [2.05, 4.69) is 20.2 Å². The summed E-state index contributed by atoms with van der Waals surface area (Å²) in [5.74, 6) is 1.88. The zero-order valence-electron chi connectivity index (χ0n) is 5.07. The Morgan fingerprint density at radius 1 is 1.70 bits per heavy atom. The summed E-state index contributed by atoms with van der Waals surface area (Å²) in [4.78, 5) is 0. The molecule has 1 unspecified atom stereocenters. The second kappa shape index (κ2) is 2.71. The van der Waals surface area contributed by atoms with Crippen LogP contribution in [0.5, 0.6) is 0 Å². The van der Waals surface area contributed by atoms with E-state index in [0.717, 1.165) is 11.7 Å². The molecule has 0 radical (unpaired) electrons. The largest absolute Gasteiger partial charge is 0.360 e. The van der Waals surface area contributed by atoms with Crippen LogP contribution in [-0.4, -0.2) is 22.6 Å². The lowest BCUT2D eigenvalue weighted by Crippen LogP contribution is -2.34. The van der Waals surface area contributed by atoms with Crippen molar-refractivity contribution in [3.05, 3.63) is 0 Å². The van der Waals surface area contributed by atoms with E-state index in [0.29, 0.717) is 0 Å². The standard InChI is InChI=1S/C4H6N4S2/c1-5-3(8-10-1)4-7-6-2-9-4/h2,4,7H,1H2,(H,5,8). The highest BCUT2D eigenvalue weighted by molar-refractivity contribution is 8.13. The van der Waals surface area contributed by atoms with Crippen molar-refractivity contribution < 1.29 is 0 Å². The molecule has 2 N–H and O–H groups in total. The second-order valence-electron chi connectivity index (χ2n) is 1.81. The van der Waals surface area contributed by atoms with E-state index in [1.54, 1.807) is 17.3 Å². The van der Waals surface area contributed by atoms with Crippen molar-refractivity contribution in [1.82, 2.24) is 10.7 Å².